The highest BCUT2D eigenvalue weighted by Gasteiger charge is 2.61. The van der Waals surface area contributed by atoms with E-state index in [-0.39, 0.29) is 50.4 Å². The summed E-state index contributed by atoms with van der Waals surface area (Å²) in [4.78, 5) is 44.0. The van der Waals surface area contributed by atoms with Crippen LogP contribution in [0.1, 0.15) is 63.5 Å². The fraction of sp³-hybridized carbons (Fsp3) is 0.697. The molecule has 0 bridgehead atoms. The molecule has 11 rings (SSSR count). The summed E-state index contributed by atoms with van der Waals surface area (Å²) >= 11 is 0. The van der Waals surface area contributed by atoms with Gasteiger partial charge in [0.2, 0.25) is 0 Å². The molecule has 7 aliphatic heterocycles. The van der Waals surface area contributed by atoms with Crippen molar-refractivity contribution in [2.24, 2.45) is 45.3 Å². The Labute approximate surface area is 589 Å². The molecule has 2 saturated carbocycles. The number of aliphatic hydroxyl groups is 9. The molecule has 36 nitrogen and oxygen atoms in total. The number of terminal acetylenes is 1. The highest BCUT2D eigenvalue weighted by atomic mass is 16.8. The second-order valence-electron chi connectivity index (χ2n) is 26.6. The van der Waals surface area contributed by atoms with Gasteiger partial charge in [0.1, 0.15) is 92.4 Å². The fourth-order valence-electron chi connectivity index (χ4n) is 14.0. The molecule has 2 aliphatic carbocycles. The summed E-state index contributed by atoms with van der Waals surface area (Å²) < 4.78 is 77.3. The normalized spacial score (nSPS) is 41.4. The number of benzene rings is 2. The molecule has 7 saturated heterocycles. The van der Waals surface area contributed by atoms with Crippen molar-refractivity contribution in [3.63, 3.8) is 0 Å². The zero-order valence-electron chi connectivity index (χ0n) is 56.8. The lowest BCUT2D eigenvalue weighted by Gasteiger charge is -2.51. The van der Waals surface area contributed by atoms with Crippen molar-refractivity contribution in [2.75, 3.05) is 27.3 Å². The van der Waals surface area contributed by atoms with Gasteiger partial charge < -0.3 is 158 Å². The van der Waals surface area contributed by atoms with Crippen molar-refractivity contribution < 1.29 is 122 Å². The third-order valence-corrected chi connectivity index (χ3v) is 19.3. The molecule has 0 radical (unpaired) electrons. The molecular weight excluding hydrogens is 1350 g/mol. The molecule has 9 fully saturated rings. The molecule has 568 valence electrons. The standard InChI is InChI=1S/C39H52N4O15.C22H43N7O10.C5H4/c1-19-13-25-32(33-28(43(2)39(50)57-33)35(53-25)58-36-30(47)29(46)27(40)26(16-44)54-36)56-34(19)55-31-23(42-38(49)52-18-21-11-7-4-8-12-21)14-22(15-24(31)45)41-37(48)51-17-20-9-5-3-6-10-20;1-28-13-15(33)18-10(4-8(25)19(38-18)37-17-7(24)2-6(23)3-9(17)31)35-20(13)39-21-16(34)14(32)12(29-22(26)27)11(5-30)36-21;1-3-5-4-2/h3-12,19,22-36,44-47H,13-18,40H2,1-2H3,(H,41,48)(H,42,49);6-21,28,30-34H,2-5,23-25H2,1H3,(H4,26,27,29);1H,2H3/t19?,22-,23?,24-,25+,26?,27-,28?,29+,30?,31-,32?,33?,34+,35?,36-;6-,7?,8?,9-,10+,11?,12-,13?,14+,15?,16?,17-,18?,19+,20?,21-;/m11./s1. The lowest BCUT2D eigenvalue weighted by Crippen LogP contribution is -2.69. The summed E-state index contributed by atoms with van der Waals surface area (Å²) in [5, 5.41) is 104. The quantitative estimate of drug-likeness (QED) is 0.0286. The molecule has 2 aromatic carbocycles. The summed E-state index contributed by atoms with van der Waals surface area (Å²) in [6.45, 7) is 2.47. The number of carbonyl (C=O) groups is 3. The van der Waals surface area contributed by atoms with Crippen molar-refractivity contribution in [2.45, 2.75) is 255 Å². The van der Waals surface area contributed by atoms with Gasteiger partial charge in [-0.1, -0.05) is 73.5 Å². The molecule has 32 atom stereocenters. The monoisotopic (exact) mass is 1450 g/mol. The number of ether oxygens (including phenoxy) is 13. The topological polar surface area (TPSA) is 561 Å². The average Bonchev–Trinajstić information content (AvgIpc) is 1.52. The Kier molecular flexibility index (Phi) is 28.6. The van der Waals surface area contributed by atoms with Gasteiger partial charge in [0.15, 0.2) is 49.8 Å². The van der Waals surface area contributed by atoms with E-state index in [0.29, 0.717) is 19.3 Å². The Hall–Kier alpha value is -6.32. The van der Waals surface area contributed by atoms with E-state index in [2.05, 4.69) is 38.7 Å². The van der Waals surface area contributed by atoms with Crippen LogP contribution in [-0.2, 0) is 74.8 Å². The van der Waals surface area contributed by atoms with Gasteiger partial charge in [0, 0.05) is 31.1 Å². The number of likely N-dealkylation sites (N-methyl/N-ethyl adjacent to an activating group) is 2. The molecule has 9 aliphatic rings. The third-order valence-electron chi connectivity index (χ3n) is 19.3. The van der Waals surface area contributed by atoms with Crippen LogP contribution >= 0.6 is 0 Å². The number of nitrogens with one attached hydrogen (secondary N) is 3. The van der Waals surface area contributed by atoms with E-state index >= 15 is 0 Å². The number of nitrogens with zero attached hydrogens (tertiary/aromatic N) is 2. The van der Waals surface area contributed by atoms with Crippen molar-refractivity contribution in [1.29, 1.82) is 0 Å². The van der Waals surface area contributed by atoms with Crippen LogP contribution in [0.15, 0.2) is 65.7 Å². The van der Waals surface area contributed by atoms with Crippen molar-refractivity contribution in [3.8, 4) is 24.2 Å². The van der Waals surface area contributed by atoms with Gasteiger partial charge in [-0.05, 0) is 75.5 Å². The first-order chi connectivity index (χ1) is 48.7. The largest absolute Gasteiger partial charge is 0.445 e. The third kappa shape index (κ3) is 19.4. The maximum atomic E-state index is 13.2. The van der Waals surface area contributed by atoms with Gasteiger partial charge in [0.25, 0.3) is 0 Å². The van der Waals surface area contributed by atoms with Gasteiger partial charge in [-0.25, -0.2) is 19.4 Å². The summed E-state index contributed by atoms with van der Waals surface area (Å²) in [5.74, 6) is 6.34. The molecule has 16 unspecified atom stereocenters. The van der Waals surface area contributed by atoms with Crippen molar-refractivity contribution in [3.05, 3.63) is 71.8 Å². The highest BCUT2D eigenvalue weighted by molar-refractivity contribution is 5.76. The minimum Gasteiger partial charge on any atom is -0.445 e. The smallest absolute Gasteiger partial charge is 0.410 e. The number of nitrogens with two attached hydrogens (primary N) is 6. The molecule has 36 heteroatoms. The first-order valence-electron chi connectivity index (χ1n) is 33.8. The van der Waals surface area contributed by atoms with Crippen LogP contribution in [0.25, 0.3) is 0 Å². The van der Waals surface area contributed by atoms with E-state index in [9.17, 15) is 60.3 Å². The Morgan fingerprint density at radius 1 is 0.627 bits per heavy atom. The number of hydrogen-bond acceptors (Lipinski definition) is 31. The Morgan fingerprint density at radius 2 is 1.20 bits per heavy atom. The first-order valence-corrected chi connectivity index (χ1v) is 33.8. The van der Waals surface area contributed by atoms with E-state index in [0.717, 1.165) is 11.1 Å². The van der Waals surface area contributed by atoms with Crippen LogP contribution in [0, 0.1) is 30.1 Å². The molecule has 0 aromatic heterocycles. The number of alkyl carbamates (subject to hydrolysis) is 2. The summed E-state index contributed by atoms with van der Waals surface area (Å²) in [6.07, 6.45) is -20.7. The lowest BCUT2D eigenvalue weighted by atomic mass is 9.85. The number of aliphatic hydroxyl groups excluding tert-OH is 9. The summed E-state index contributed by atoms with van der Waals surface area (Å²) in [7, 11) is 3.05. The van der Waals surface area contributed by atoms with Crippen molar-refractivity contribution >= 4 is 24.2 Å². The molecule has 0 spiro atoms. The predicted octanol–water partition coefficient (Wildman–Crippen LogP) is -5.77. The highest BCUT2D eigenvalue weighted by Crippen LogP contribution is 2.43. The van der Waals surface area contributed by atoms with E-state index in [1.54, 1.807) is 14.0 Å². The van der Waals surface area contributed by atoms with Gasteiger partial charge in [-0.3, -0.25) is 4.90 Å². The minimum atomic E-state index is -1.61. The zero-order valence-corrected chi connectivity index (χ0v) is 56.8. The number of fused-ring (bicyclic) bond motifs is 4. The SMILES string of the molecule is C#CC#CC.CC1C[C@@H]2OC(O[C@H]3OC(CO)[C@@H](N)[C@H](O)C3O)C3C(OC(=O)N3C)C2O[C@@H]1O[C@@H]1C(NC(=O)OCc2ccccc2)C[C@@H](NC(=O)OCc2ccccc2)C[C@H]1O.CNC1C(O[C@H]2OC(CO)[C@@H](N=C(N)N)[C@H](O)C2O)O[C@H]2CC(N)[C@@H](O[C@@H]3C(N)C[C@@H](N)C[C@H]3O)OC2C1O. The predicted molar refractivity (Wildman–Crippen MR) is 353 cm³/mol. The van der Waals surface area contributed by atoms with Crippen LogP contribution in [0.5, 0.6) is 0 Å². The zero-order chi connectivity index (χ0) is 73.8. The molecule has 2 aromatic rings. The second kappa shape index (κ2) is 36.6. The lowest BCUT2D eigenvalue weighted by molar-refractivity contribution is -0.374. The van der Waals surface area contributed by atoms with Crippen LogP contribution in [0.2, 0.25) is 0 Å². The summed E-state index contributed by atoms with van der Waals surface area (Å²) in [6, 6.07) is 11.4. The molecule has 7 heterocycles. The van der Waals surface area contributed by atoms with Gasteiger partial charge in [0.05, 0.1) is 61.8 Å². The van der Waals surface area contributed by atoms with Crippen LogP contribution in [0.4, 0.5) is 14.4 Å². The maximum absolute atomic E-state index is 13.2. The molecule has 3 amide bonds. The number of hydrogen-bond donors (Lipinski definition) is 18. The molecule has 102 heavy (non-hydrogen) atoms. The molecule has 24 N–H and O–H groups in total. The van der Waals surface area contributed by atoms with Crippen LogP contribution in [0.3, 0.4) is 0 Å². The van der Waals surface area contributed by atoms with E-state index < -0.39 is 215 Å². The Morgan fingerprint density at radius 3 is 1.78 bits per heavy atom. The number of aliphatic imine (C=N–C) groups is 1. The van der Waals surface area contributed by atoms with Crippen molar-refractivity contribution in [1.82, 2.24) is 20.9 Å². The first kappa shape index (κ1) is 79.8. The Balaban J connectivity index is 0.000000238. The number of carbonyl (C=O) groups excluding carboxylic acids is 3. The summed E-state index contributed by atoms with van der Waals surface area (Å²) in [5.41, 5.74) is 36.7. The number of amides is 3. The van der Waals surface area contributed by atoms with Gasteiger partial charge in [-0.15, -0.1) is 6.42 Å². The van der Waals surface area contributed by atoms with Crippen LogP contribution in [-0.4, -0.2) is 292 Å². The van der Waals surface area contributed by atoms with Gasteiger partial charge in [-0.2, -0.15) is 0 Å². The van der Waals surface area contributed by atoms with E-state index in [1.807, 2.05) is 67.6 Å². The number of guanidine groups is 1. The van der Waals surface area contributed by atoms with E-state index in [1.165, 1.54) is 11.9 Å². The number of rotatable bonds is 18. The second-order valence-corrected chi connectivity index (χ2v) is 26.6. The maximum Gasteiger partial charge on any atom is 0.410 e. The van der Waals surface area contributed by atoms with E-state index in [4.69, 9.17) is 102 Å². The Bertz CT molecular complexity index is 3130. The van der Waals surface area contributed by atoms with Gasteiger partial charge >= 0.3 is 18.3 Å². The fourth-order valence-corrected chi connectivity index (χ4v) is 14.0. The van der Waals surface area contributed by atoms with Crippen LogP contribution < -0.4 is 50.4 Å². The molecular formula is C66H99N11O25. The average molecular weight is 1450 g/mol. The minimum absolute atomic E-state index is 0.00476.